The first-order chi connectivity index (χ1) is 10.9. The molecule has 0 bridgehead atoms. The maximum Gasteiger partial charge on any atom is 0.243 e. The molecule has 0 saturated carbocycles. The number of nitrogens with zero attached hydrogens (tertiary/aromatic N) is 1. The molecule has 1 fully saturated rings. The molecular weight excluding hydrogens is 314 g/mol. The molecule has 1 N–H and O–H groups in total. The van der Waals surface area contributed by atoms with Gasteiger partial charge in [0.25, 0.3) is 0 Å². The molecule has 23 heavy (non-hydrogen) atoms. The lowest BCUT2D eigenvalue weighted by Crippen LogP contribution is -2.28. The highest BCUT2D eigenvalue weighted by molar-refractivity contribution is 7.89. The lowest BCUT2D eigenvalue weighted by Gasteiger charge is -2.20. The third kappa shape index (κ3) is 2.98. The molecule has 2 aliphatic rings. The van der Waals surface area contributed by atoms with Gasteiger partial charge in [-0.2, -0.15) is 4.31 Å². The van der Waals surface area contributed by atoms with Gasteiger partial charge in [0, 0.05) is 26.1 Å². The van der Waals surface area contributed by atoms with Gasteiger partial charge in [-0.15, -0.1) is 0 Å². The van der Waals surface area contributed by atoms with E-state index in [1.54, 1.807) is 24.3 Å². The van der Waals surface area contributed by atoms with E-state index in [-0.39, 0.29) is 29.7 Å². The summed E-state index contributed by atoms with van der Waals surface area (Å²) in [7, 11) is -3.54. The van der Waals surface area contributed by atoms with Crippen molar-refractivity contribution in [2.45, 2.75) is 31.1 Å². The number of carbonyl (C=O) groups excluding carboxylic acids is 1. The maximum absolute atomic E-state index is 12.8. The Balaban J connectivity index is 1.92. The predicted molar refractivity (Wildman–Crippen MR) is 86.4 cm³/mol. The number of aliphatic hydroxyl groups is 1. The second-order valence-electron chi connectivity index (χ2n) is 6.25. The second-order valence-corrected chi connectivity index (χ2v) is 8.18. The van der Waals surface area contributed by atoms with Crippen molar-refractivity contribution in [3.63, 3.8) is 0 Å². The van der Waals surface area contributed by atoms with Crippen molar-refractivity contribution in [1.29, 1.82) is 0 Å². The van der Waals surface area contributed by atoms with Gasteiger partial charge >= 0.3 is 0 Å². The number of Topliss-reactive ketones (excluding diaryl/α,β-unsaturated/α-hetero) is 1. The minimum Gasteiger partial charge on any atom is -0.396 e. The fourth-order valence-corrected chi connectivity index (χ4v) is 4.90. The van der Waals surface area contributed by atoms with E-state index in [4.69, 9.17) is 5.11 Å². The molecule has 1 aliphatic heterocycles. The van der Waals surface area contributed by atoms with Gasteiger partial charge in [-0.1, -0.05) is 17.7 Å². The first-order valence-corrected chi connectivity index (χ1v) is 9.30. The SMILES string of the molecule is Cc1ccc(S(=O)(=O)N2CC3=C(CCO)C(=O)CC[C@H]3C2)cc1. The number of fused-ring (bicyclic) bond motifs is 1. The van der Waals surface area contributed by atoms with Gasteiger partial charge in [0.1, 0.15) is 0 Å². The molecule has 3 rings (SSSR count). The molecule has 1 aromatic carbocycles. The molecule has 1 heterocycles. The fraction of sp³-hybridized carbons (Fsp3) is 0.471. The van der Waals surface area contributed by atoms with Crippen molar-refractivity contribution in [2.75, 3.05) is 19.7 Å². The van der Waals surface area contributed by atoms with Crippen LogP contribution in [0.5, 0.6) is 0 Å². The molecule has 0 radical (unpaired) electrons. The number of benzene rings is 1. The smallest absolute Gasteiger partial charge is 0.243 e. The molecule has 0 unspecified atom stereocenters. The van der Waals surface area contributed by atoms with Crippen LogP contribution in [0.2, 0.25) is 0 Å². The zero-order valence-electron chi connectivity index (χ0n) is 13.2. The molecule has 0 amide bonds. The topological polar surface area (TPSA) is 74.7 Å². The highest BCUT2D eigenvalue weighted by Gasteiger charge is 2.40. The first kappa shape index (κ1) is 16.4. The third-order valence-corrected chi connectivity index (χ3v) is 6.55. The number of aliphatic hydroxyl groups excluding tert-OH is 1. The number of hydrogen-bond acceptors (Lipinski definition) is 4. The van der Waals surface area contributed by atoms with E-state index >= 15 is 0 Å². The minimum absolute atomic E-state index is 0.0554. The number of hydrogen-bond donors (Lipinski definition) is 1. The highest BCUT2D eigenvalue weighted by atomic mass is 32.2. The predicted octanol–water partition coefficient (Wildman–Crippen LogP) is 1.66. The van der Waals surface area contributed by atoms with Crippen LogP contribution in [0.4, 0.5) is 0 Å². The Morgan fingerprint density at radius 3 is 2.61 bits per heavy atom. The van der Waals surface area contributed by atoms with Crippen molar-refractivity contribution in [1.82, 2.24) is 4.31 Å². The Morgan fingerprint density at radius 2 is 1.96 bits per heavy atom. The van der Waals surface area contributed by atoms with Gasteiger partial charge in [0.15, 0.2) is 5.78 Å². The van der Waals surface area contributed by atoms with Gasteiger partial charge in [-0.3, -0.25) is 4.79 Å². The van der Waals surface area contributed by atoms with Crippen LogP contribution in [-0.2, 0) is 14.8 Å². The van der Waals surface area contributed by atoms with E-state index < -0.39 is 10.0 Å². The van der Waals surface area contributed by atoms with Crippen LogP contribution >= 0.6 is 0 Å². The van der Waals surface area contributed by atoms with Crippen molar-refractivity contribution in [2.24, 2.45) is 5.92 Å². The van der Waals surface area contributed by atoms with Crippen LogP contribution in [0.25, 0.3) is 0 Å². The summed E-state index contributed by atoms with van der Waals surface area (Å²) in [5.74, 6) is 0.161. The Labute approximate surface area is 136 Å². The number of ketones is 1. The molecule has 1 saturated heterocycles. The zero-order valence-corrected chi connectivity index (χ0v) is 14.0. The fourth-order valence-electron chi connectivity index (χ4n) is 3.44. The van der Waals surface area contributed by atoms with Crippen LogP contribution in [0.15, 0.2) is 40.3 Å². The summed E-state index contributed by atoms with van der Waals surface area (Å²) in [6.07, 6.45) is 1.47. The lowest BCUT2D eigenvalue weighted by molar-refractivity contribution is -0.116. The van der Waals surface area contributed by atoms with Crippen LogP contribution < -0.4 is 0 Å². The summed E-state index contributed by atoms with van der Waals surface area (Å²) in [6, 6.07) is 6.83. The number of carbonyl (C=O) groups is 1. The largest absolute Gasteiger partial charge is 0.396 e. The van der Waals surface area contributed by atoms with Gasteiger partial charge in [-0.25, -0.2) is 8.42 Å². The molecule has 1 aliphatic carbocycles. The van der Waals surface area contributed by atoms with E-state index in [2.05, 4.69) is 0 Å². The standard InChI is InChI=1S/C17H21NO4S/c1-12-2-5-14(6-3-12)23(21,22)18-10-13-4-7-17(20)15(8-9-19)16(13)11-18/h2-3,5-6,13,19H,4,7-11H2,1H3/t13-/m0/s1. The van der Waals surface area contributed by atoms with Crippen molar-refractivity contribution in [3.8, 4) is 0 Å². The Morgan fingerprint density at radius 1 is 1.26 bits per heavy atom. The highest BCUT2D eigenvalue weighted by Crippen LogP contribution is 2.37. The molecular formula is C17H21NO4S. The van der Waals surface area contributed by atoms with Crippen molar-refractivity contribution < 1.29 is 18.3 Å². The first-order valence-electron chi connectivity index (χ1n) is 7.86. The van der Waals surface area contributed by atoms with Crippen LogP contribution in [-0.4, -0.2) is 43.3 Å². The van der Waals surface area contributed by atoms with Crippen LogP contribution in [0, 0.1) is 12.8 Å². The van der Waals surface area contributed by atoms with Gasteiger partial charge < -0.3 is 5.11 Å². The molecule has 0 spiro atoms. The molecule has 1 aromatic rings. The van der Waals surface area contributed by atoms with E-state index in [1.807, 2.05) is 6.92 Å². The maximum atomic E-state index is 12.8. The summed E-state index contributed by atoms with van der Waals surface area (Å²) in [5.41, 5.74) is 2.56. The number of sulfonamides is 1. The monoisotopic (exact) mass is 335 g/mol. The summed E-state index contributed by atoms with van der Waals surface area (Å²) in [6.45, 7) is 2.52. The third-order valence-electron chi connectivity index (χ3n) is 4.73. The Kier molecular flexibility index (Phi) is 4.40. The van der Waals surface area contributed by atoms with Gasteiger partial charge in [-0.05, 0) is 49.0 Å². The van der Waals surface area contributed by atoms with Crippen LogP contribution in [0.3, 0.4) is 0 Å². The average Bonchev–Trinajstić information content (AvgIpc) is 2.96. The second kappa shape index (κ2) is 6.19. The van der Waals surface area contributed by atoms with E-state index in [0.717, 1.165) is 11.1 Å². The number of aryl methyl sites for hydroxylation is 1. The van der Waals surface area contributed by atoms with Gasteiger partial charge in [0.05, 0.1) is 4.90 Å². The average molecular weight is 335 g/mol. The van der Waals surface area contributed by atoms with E-state index in [0.29, 0.717) is 31.4 Å². The Hall–Kier alpha value is -1.50. The summed E-state index contributed by atoms with van der Waals surface area (Å²) >= 11 is 0. The van der Waals surface area contributed by atoms with E-state index in [9.17, 15) is 13.2 Å². The Bertz CT molecular complexity index is 749. The zero-order chi connectivity index (χ0) is 16.6. The lowest BCUT2D eigenvalue weighted by atomic mass is 9.83. The number of rotatable bonds is 4. The summed E-state index contributed by atoms with van der Waals surface area (Å²) < 4.78 is 27.1. The minimum atomic E-state index is -3.54. The molecule has 0 aromatic heterocycles. The van der Waals surface area contributed by atoms with Crippen LogP contribution in [0.1, 0.15) is 24.8 Å². The van der Waals surface area contributed by atoms with Gasteiger partial charge in [0.2, 0.25) is 10.0 Å². The molecule has 5 nitrogen and oxygen atoms in total. The summed E-state index contributed by atoms with van der Waals surface area (Å²) in [5, 5.41) is 9.17. The quantitative estimate of drug-likeness (QED) is 0.908. The molecule has 6 heteroatoms. The molecule has 124 valence electrons. The molecule has 1 atom stereocenters. The van der Waals surface area contributed by atoms with Crippen molar-refractivity contribution in [3.05, 3.63) is 41.0 Å². The van der Waals surface area contributed by atoms with Crippen molar-refractivity contribution >= 4 is 15.8 Å². The summed E-state index contributed by atoms with van der Waals surface area (Å²) in [4.78, 5) is 12.3. The van der Waals surface area contributed by atoms with E-state index in [1.165, 1.54) is 4.31 Å². The normalized spacial score (nSPS) is 22.5.